The van der Waals surface area contributed by atoms with E-state index in [0.717, 1.165) is 19.5 Å². The van der Waals surface area contributed by atoms with E-state index >= 15 is 0 Å². The van der Waals surface area contributed by atoms with Gasteiger partial charge in [-0.1, -0.05) is 6.92 Å². The van der Waals surface area contributed by atoms with Crippen molar-refractivity contribution in [2.45, 2.75) is 51.5 Å². The topological polar surface area (TPSA) is 78.4 Å². The molecule has 5 heteroatoms. The summed E-state index contributed by atoms with van der Waals surface area (Å²) in [7, 11) is 0. The number of piperidine rings is 1. The number of carbonyl (C=O) groups is 2. The van der Waals surface area contributed by atoms with Crippen LogP contribution >= 0.6 is 0 Å². The molecule has 0 aromatic rings. The smallest absolute Gasteiger partial charge is 0.306 e. The lowest BCUT2D eigenvalue weighted by Gasteiger charge is -2.28. The first kappa shape index (κ1) is 15.3. The highest BCUT2D eigenvalue weighted by molar-refractivity contribution is 5.77. The molecule has 0 bridgehead atoms. The van der Waals surface area contributed by atoms with Crippen molar-refractivity contribution in [3.8, 4) is 0 Å². The zero-order chi connectivity index (χ0) is 14.5. The maximum absolute atomic E-state index is 12.0. The van der Waals surface area contributed by atoms with Crippen molar-refractivity contribution in [2.24, 2.45) is 17.8 Å². The van der Waals surface area contributed by atoms with Crippen LogP contribution in [0, 0.1) is 17.8 Å². The highest BCUT2D eigenvalue weighted by Gasteiger charge is 2.31. The average molecular weight is 282 g/mol. The summed E-state index contributed by atoms with van der Waals surface area (Å²) in [5.41, 5.74) is 0. The number of rotatable bonds is 5. The number of nitrogens with one attached hydrogen (secondary N) is 2. The van der Waals surface area contributed by atoms with Crippen LogP contribution in [0.2, 0.25) is 0 Å². The number of carboxylic acids is 1. The van der Waals surface area contributed by atoms with Crippen LogP contribution in [-0.4, -0.2) is 36.1 Å². The van der Waals surface area contributed by atoms with Crippen LogP contribution in [0.1, 0.15) is 45.4 Å². The number of aliphatic carboxylic acids is 1. The monoisotopic (exact) mass is 282 g/mol. The van der Waals surface area contributed by atoms with Gasteiger partial charge in [-0.15, -0.1) is 0 Å². The maximum atomic E-state index is 12.0. The normalized spacial score (nSPS) is 31.8. The second kappa shape index (κ2) is 7.07. The van der Waals surface area contributed by atoms with Gasteiger partial charge < -0.3 is 15.7 Å². The maximum Gasteiger partial charge on any atom is 0.306 e. The fraction of sp³-hybridized carbons (Fsp3) is 0.867. The fourth-order valence-corrected chi connectivity index (χ4v) is 3.45. The zero-order valence-electron chi connectivity index (χ0n) is 12.2. The molecule has 0 spiro atoms. The van der Waals surface area contributed by atoms with Crippen molar-refractivity contribution in [2.75, 3.05) is 13.1 Å². The Morgan fingerprint density at radius 3 is 2.75 bits per heavy atom. The molecule has 1 aliphatic heterocycles. The van der Waals surface area contributed by atoms with Gasteiger partial charge in [-0.05, 0) is 57.0 Å². The fourth-order valence-electron chi connectivity index (χ4n) is 3.45. The van der Waals surface area contributed by atoms with Crippen LogP contribution < -0.4 is 10.6 Å². The number of carboxylic acid groups (broad SMARTS) is 1. The standard InChI is InChI=1S/C15H26N2O3/c1-10(12-3-2-6-16-9-12)7-14(18)17-13-5-4-11(8-13)15(19)20/h10-13,16H,2-9H2,1H3,(H,17,18)(H,19,20). The Balaban J connectivity index is 1.71. The molecule has 4 atom stereocenters. The summed E-state index contributed by atoms with van der Waals surface area (Å²) in [5.74, 6) is 0.0482. The molecule has 1 amide bonds. The van der Waals surface area contributed by atoms with Crippen molar-refractivity contribution in [1.29, 1.82) is 0 Å². The summed E-state index contributed by atoms with van der Waals surface area (Å²) >= 11 is 0. The van der Waals surface area contributed by atoms with E-state index in [1.54, 1.807) is 0 Å². The highest BCUT2D eigenvalue weighted by atomic mass is 16.4. The van der Waals surface area contributed by atoms with Crippen LogP contribution in [0.5, 0.6) is 0 Å². The van der Waals surface area contributed by atoms with Crippen LogP contribution in [0.15, 0.2) is 0 Å². The van der Waals surface area contributed by atoms with E-state index in [2.05, 4.69) is 17.6 Å². The quantitative estimate of drug-likeness (QED) is 0.712. The zero-order valence-corrected chi connectivity index (χ0v) is 12.2. The van der Waals surface area contributed by atoms with Gasteiger partial charge in [-0.25, -0.2) is 0 Å². The summed E-state index contributed by atoms with van der Waals surface area (Å²) in [6.07, 6.45) is 5.01. The number of hydrogen-bond acceptors (Lipinski definition) is 3. The highest BCUT2D eigenvalue weighted by Crippen LogP contribution is 2.26. The Morgan fingerprint density at radius 1 is 1.35 bits per heavy atom. The van der Waals surface area contributed by atoms with E-state index in [0.29, 0.717) is 31.1 Å². The largest absolute Gasteiger partial charge is 0.481 e. The SMILES string of the molecule is CC(CC(=O)NC1CCC(C(=O)O)C1)C1CCCNC1. The lowest BCUT2D eigenvalue weighted by atomic mass is 9.85. The first-order valence-corrected chi connectivity index (χ1v) is 7.79. The van der Waals surface area contributed by atoms with Crippen molar-refractivity contribution in [1.82, 2.24) is 10.6 Å². The summed E-state index contributed by atoms with van der Waals surface area (Å²) in [4.78, 5) is 22.9. The second-order valence-electron chi connectivity index (χ2n) is 6.40. The molecule has 4 unspecified atom stereocenters. The molecule has 1 saturated heterocycles. The van der Waals surface area contributed by atoms with E-state index in [4.69, 9.17) is 5.11 Å². The van der Waals surface area contributed by atoms with Crippen LogP contribution in [0.4, 0.5) is 0 Å². The molecule has 3 N–H and O–H groups in total. The number of carbonyl (C=O) groups excluding carboxylic acids is 1. The minimum Gasteiger partial charge on any atom is -0.481 e. The predicted molar refractivity (Wildman–Crippen MR) is 76.3 cm³/mol. The van der Waals surface area contributed by atoms with Gasteiger partial charge in [0.15, 0.2) is 0 Å². The van der Waals surface area contributed by atoms with Gasteiger partial charge in [0, 0.05) is 12.5 Å². The summed E-state index contributed by atoms with van der Waals surface area (Å²) in [6, 6.07) is 0.0558. The average Bonchev–Trinajstić information content (AvgIpc) is 2.88. The van der Waals surface area contributed by atoms with Crippen LogP contribution in [-0.2, 0) is 9.59 Å². The summed E-state index contributed by atoms with van der Waals surface area (Å²) < 4.78 is 0. The van der Waals surface area contributed by atoms with E-state index < -0.39 is 5.97 Å². The van der Waals surface area contributed by atoms with Gasteiger partial charge in [0.05, 0.1) is 5.92 Å². The van der Waals surface area contributed by atoms with E-state index in [-0.39, 0.29) is 17.9 Å². The first-order valence-electron chi connectivity index (χ1n) is 7.79. The third-order valence-electron chi connectivity index (χ3n) is 4.79. The molecule has 114 valence electrons. The molecule has 0 aromatic carbocycles. The lowest BCUT2D eigenvalue weighted by molar-refractivity contribution is -0.141. The summed E-state index contributed by atoms with van der Waals surface area (Å²) in [6.45, 7) is 4.25. The van der Waals surface area contributed by atoms with Gasteiger partial charge in [-0.2, -0.15) is 0 Å². The molecule has 20 heavy (non-hydrogen) atoms. The Bertz CT molecular complexity index is 353. The molecule has 0 aromatic heterocycles. The minimum atomic E-state index is -0.733. The van der Waals surface area contributed by atoms with Crippen molar-refractivity contribution >= 4 is 11.9 Å². The third kappa shape index (κ3) is 4.20. The Kier molecular flexibility index (Phi) is 5.40. The van der Waals surface area contributed by atoms with E-state index in [1.165, 1.54) is 12.8 Å². The van der Waals surface area contributed by atoms with Crippen molar-refractivity contribution in [3.63, 3.8) is 0 Å². The third-order valence-corrected chi connectivity index (χ3v) is 4.79. The second-order valence-corrected chi connectivity index (χ2v) is 6.40. The van der Waals surface area contributed by atoms with Crippen molar-refractivity contribution < 1.29 is 14.7 Å². The van der Waals surface area contributed by atoms with Gasteiger partial charge in [-0.3, -0.25) is 9.59 Å². The van der Waals surface area contributed by atoms with Gasteiger partial charge in [0.25, 0.3) is 0 Å². The van der Waals surface area contributed by atoms with E-state index in [9.17, 15) is 9.59 Å². The molecule has 2 aliphatic rings. The summed E-state index contributed by atoms with van der Waals surface area (Å²) in [5, 5.41) is 15.4. The number of hydrogen-bond donors (Lipinski definition) is 3. The van der Waals surface area contributed by atoms with Crippen molar-refractivity contribution in [3.05, 3.63) is 0 Å². The Morgan fingerprint density at radius 2 is 2.15 bits per heavy atom. The molecule has 2 rings (SSSR count). The predicted octanol–water partition coefficient (Wildman–Crippen LogP) is 1.38. The molecule has 2 fully saturated rings. The molecular formula is C15H26N2O3. The van der Waals surface area contributed by atoms with Crippen LogP contribution in [0.25, 0.3) is 0 Å². The Labute approximate surface area is 120 Å². The molecular weight excluding hydrogens is 256 g/mol. The van der Waals surface area contributed by atoms with Crippen LogP contribution in [0.3, 0.4) is 0 Å². The molecule has 0 radical (unpaired) electrons. The first-order chi connectivity index (χ1) is 9.56. The van der Waals surface area contributed by atoms with Gasteiger partial charge in [0.2, 0.25) is 5.91 Å². The molecule has 5 nitrogen and oxygen atoms in total. The Hall–Kier alpha value is -1.10. The molecule has 1 aliphatic carbocycles. The lowest BCUT2D eigenvalue weighted by Crippen LogP contribution is -2.38. The van der Waals surface area contributed by atoms with E-state index in [1.807, 2.05) is 0 Å². The molecule has 1 saturated carbocycles. The van der Waals surface area contributed by atoms with Gasteiger partial charge >= 0.3 is 5.97 Å². The molecule has 1 heterocycles. The number of amides is 1. The van der Waals surface area contributed by atoms with Gasteiger partial charge in [0.1, 0.15) is 0 Å². The minimum absolute atomic E-state index is 0.0558.